The molecule has 0 spiro atoms. The zero-order valence-corrected chi connectivity index (χ0v) is 18.7. The average molecular weight is 421 g/mol. The smallest absolute Gasteiger partial charge is 0.189 e. The molecule has 1 atom stereocenters. The zero-order valence-electron chi connectivity index (χ0n) is 18.7. The normalized spacial score (nSPS) is 12.9. The lowest BCUT2D eigenvalue weighted by Crippen LogP contribution is -2.27. The standard InChI is InChI=1S/C27H32O4/c1-4-27(3,23-14-16-24(17-15-23)30-21-28-5-2)20-29-19-22-10-9-13-26(18-22)31-25-11-7-6-8-12-25/h6-18H,4-5,19-21H2,1-3H3. The molecule has 0 saturated heterocycles. The molecule has 0 bridgehead atoms. The van der Waals surface area contributed by atoms with Crippen LogP contribution in [0.4, 0.5) is 0 Å². The fourth-order valence-electron chi connectivity index (χ4n) is 3.25. The molecule has 0 heterocycles. The maximum absolute atomic E-state index is 6.14. The molecule has 1 unspecified atom stereocenters. The zero-order chi connectivity index (χ0) is 21.9. The monoisotopic (exact) mass is 420 g/mol. The molecule has 0 fully saturated rings. The van der Waals surface area contributed by atoms with Crippen molar-refractivity contribution in [3.8, 4) is 17.2 Å². The van der Waals surface area contributed by atoms with Crippen LogP contribution in [0, 0.1) is 0 Å². The van der Waals surface area contributed by atoms with Crippen molar-refractivity contribution in [3.05, 3.63) is 90.0 Å². The van der Waals surface area contributed by atoms with Crippen molar-refractivity contribution in [1.82, 2.24) is 0 Å². The summed E-state index contributed by atoms with van der Waals surface area (Å²) in [5.41, 5.74) is 2.25. The van der Waals surface area contributed by atoms with Gasteiger partial charge in [0, 0.05) is 12.0 Å². The first-order valence-electron chi connectivity index (χ1n) is 10.8. The summed E-state index contributed by atoms with van der Waals surface area (Å²) < 4.78 is 22.9. The molecule has 0 saturated carbocycles. The van der Waals surface area contributed by atoms with Gasteiger partial charge in [-0.3, -0.25) is 0 Å². The van der Waals surface area contributed by atoms with Crippen molar-refractivity contribution >= 4 is 0 Å². The number of para-hydroxylation sites is 1. The van der Waals surface area contributed by atoms with Gasteiger partial charge < -0.3 is 18.9 Å². The number of ether oxygens (including phenoxy) is 4. The largest absolute Gasteiger partial charge is 0.468 e. The Morgan fingerprint density at radius 1 is 0.742 bits per heavy atom. The van der Waals surface area contributed by atoms with Gasteiger partial charge in [-0.2, -0.15) is 0 Å². The number of benzene rings is 3. The first-order valence-corrected chi connectivity index (χ1v) is 10.8. The molecule has 3 rings (SSSR count). The van der Waals surface area contributed by atoms with Crippen LogP contribution in [0.5, 0.6) is 17.2 Å². The van der Waals surface area contributed by atoms with Crippen LogP contribution in [-0.4, -0.2) is 20.0 Å². The van der Waals surface area contributed by atoms with Crippen LogP contribution in [0.2, 0.25) is 0 Å². The summed E-state index contributed by atoms with van der Waals surface area (Å²) in [7, 11) is 0. The van der Waals surface area contributed by atoms with E-state index in [1.807, 2.05) is 67.6 Å². The van der Waals surface area contributed by atoms with E-state index >= 15 is 0 Å². The highest BCUT2D eigenvalue weighted by molar-refractivity contribution is 5.34. The van der Waals surface area contributed by atoms with Gasteiger partial charge in [0.05, 0.1) is 13.2 Å². The SMILES string of the molecule is CCOCOc1ccc(C(C)(CC)COCc2cccc(Oc3ccccc3)c2)cc1. The van der Waals surface area contributed by atoms with E-state index in [0.29, 0.717) is 19.8 Å². The van der Waals surface area contributed by atoms with Crippen LogP contribution in [-0.2, 0) is 21.5 Å². The first-order chi connectivity index (χ1) is 15.1. The number of rotatable bonds is 12. The van der Waals surface area contributed by atoms with Gasteiger partial charge in [0.15, 0.2) is 6.79 Å². The highest BCUT2D eigenvalue weighted by Crippen LogP contribution is 2.30. The maximum atomic E-state index is 6.14. The molecular weight excluding hydrogens is 388 g/mol. The highest BCUT2D eigenvalue weighted by Gasteiger charge is 2.25. The summed E-state index contributed by atoms with van der Waals surface area (Å²) in [5, 5.41) is 0. The summed E-state index contributed by atoms with van der Waals surface area (Å²) in [6.07, 6.45) is 0.976. The van der Waals surface area contributed by atoms with Gasteiger partial charge in [-0.15, -0.1) is 0 Å². The molecule has 0 aliphatic carbocycles. The van der Waals surface area contributed by atoms with Crippen LogP contribution in [0.3, 0.4) is 0 Å². The van der Waals surface area contributed by atoms with Crippen molar-refractivity contribution in [3.63, 3.8) is 0 Å². The van der Waals surface area contributed by atoms with E-state index in [0.717, 1.165) is 29.2 Å². The summed E-state index contributed by atoms with van der Waals surface area (Å²) in [6, 6.07) is 26.1. The molecular formula is C27H32O4. The van der Waals surface area contributed by atoms with E-state index in [9.17, 15) is 0 Å². The summed E-state index contributed by atoms with van der Waals surface area (Å²) in [6.45, 7) is 8.46. The number of hydrogen-bond acceptors (Lipinski definition) is 4. The van der Waals surface area contributed by atoms with Crippen molar-refractivity contribution in [2.75, 3.05) is 20.0 Å². The second-order valence-electron chi connectivity index (χ2n) is 7.75. The molecule has 0 N–H and O–H groups in total. The molecule has 0 amide bonds. The predicted molar refractivity (Wildman–Crippen MR) is 124 cm³/mol. The van der Waals surface area contributed by atoms with E-state index in [4.69, 9.17) is 18.9 Å². The summed E-state index contributed by atoms with van der Waals surface area (Å²) in [5.74, 6) is 2.45. The first kappa shape index (κ1) is 22.9. The van der Waals surface area contributed by atoms with Gasteiger partial charge in [0.2, 0.25) is 0 Å². The molecule has 3 aromatic rings. The minimum Gasteiger partial charge on any atom is -0.468 e. The van der Waals surface area contributed by atoms with Crippen LogP contribution in [0.15, 0.2) is 78.9 Å². The van der Waals surface area contributed by atoms with Crippen molar-refractivity contribution in [2.24, 2.45) is 0 Å². The van der Waals surface area contributed by atoms with Gasteiger partial charge in [-0.05, 0) is 60.9 Å². The Kier molecular flexibility index (Phi) is 8.51. The Morgan fingerprint density at radius 3 is 2.19 bits per heavy atom. The third-order valence-electron chi connectivity index (χ3n) is 5.41. The molecule has 164 valence electrons. The fraction of sp³-hybridized carbons (Fsp3) is 0.333. The Labute approximate surface area is 185 Å². The minimum atomic E-state index is -0.0728. The molecule has 4 nitrogen and oxygen atoms in total. The lowest BCUT2D eigenvalue weighted by atomic mass is 9.81. The van der Waals surface area contributed by atoms with Crippen LogP contribution < -0.4 is 9.47 Å². The third-order valence-corrected chi connectivity index (χ3v) is 5.41. The molecule has 3 aromatic carbocycles. The topological polar surface area (TPSA) is 36.9 Å². The molecule has 4 heteroatoms. The van der Waals surface area contributed by atoms with Gasteiger partial charge in [-0.1, -0.05) is 56.3 Å². The average Bonchev–Trinajstić information content (AvgIpc) is 2.80. The quantitative estimate of drug-likeness (QED) is 0.240. The molecule has 0 radical (unpaired) electrons. The Balaban J connectivity index is 1.56. The van der Waals surface area contributed by atoms with Gasteiger partial charge in [0.25, 0.3) is 0 Å². The third kappa shape index (κ3) is 6.84. The highest BCUT2D eigenvalue weighted by atomic mass is 16.7. The van der Waals surface area contributed by atoms with Crippen LogP contribution in [0.1, 0.15) is 38.3 Å². The van der Waals surface area contributed by atoms with E-state index in [2.05, 4.69) is 32.0 Å². The second kappa shape index (κ2) is 11.5. The van der Waals surface area contributed by atoms with E-state index < -0.39 is 0 Å². The predicted octanol–water partition coefficient (Wildman–Crippen LogP) is 6.74. The Bertz CT molecular complexity index is 908. The summed E-state index contributed by atoms with van der Waals surface area (Å²) >= 11 is 0. The molecule has 0 aliphatic heterocycles. The summed E-state index contributed by atoms with van der Waals surface area (Å²) in [4.78, 5) is 0. The van der Waals surface area contributed by atoms with Gasteiger partial charge in [0.1, 0.15) is 17.2 Å². The maximum Gasteiger partial charge on any atom is 0.189 e. The fourth-order valence-corrected chi connectivity index (χ4v) is 3.25. The lowest BCUT2D eigenvalue weighted by Gasteiger charge is -2.29. The van der Waals surface area contributed by atoms with Crippen LogP contribution in [0.25, 0.3) is 0 Å². The minimum absolute atomic E-state index is 0.0728. The van der Waals surface area contributed by atoms with Crippen LogP contribution >= 0.6 is 0 Å². The van der Waals surface area contributed by atoms with Gasteiger partial charge in [-0.25, -0.2) is 0 Å². The molecule has 0 aliphatic rings. The van der Waals surface area contributed by atoms with E-state index in [-0.39, 0.29) is 12.2 Å². The molecule has 0 aromatic heterocycles. The van der Waals surface area contributed by atoms with Crippen molar-refractivity contribution in [1.29, 1.82) is 0 Å². The van der Waals surface area contributed by atoms with E-state index in [1.54, 1.807) is 0 Å². The Hall–Kier alpha value is -2.82. The van der Waals surface area contributed by atoms with E-state index in [1.165, 1.54) is 5.56 Å². The Morgan fingerprint density at radius 2 is 1.48 bits per heavy atom. The second-order valence-corrected chi connectivity index (χ2v) is 7.75. The lowest BCUT2D eigenvalue weighted by molar-refractivity contribution is 0.0223. The van der Waals surface area contributed by atoms with Crippen molar-refractivity contribution < 1.29 is 18.9 Å². The van der Waals surface area contributed by atoms with Crippen molar-refractivity contribution in [2.45, 2.75) is 39.2 Å². The van der Waals surface area contributed by atoms with Gasteiger partial charge >= 0.3 is 0 Å². The number of hydrogen-bond donors (Lipinski definition) is 0. The molecule has 31 heavy (non-hydrogen) atoms.